The lowest BCUT2D eigenvalue weighted by Gasteiger charge is -2.46. The summed E-state index contributed by atoms with van der Waals surface area (Å²) in [7, 11) is 0. The van der Waals surface area contributed by atoms with Crippen LogP contribution in [0.1, 0.15) is 52.5 Å². The molecule has 0 aliphatic carbocycles. The molecule has 2 heteroatoms. The highest BCUT2D eigenvalue weighted by atomic mass is 15.2. The van der Waals surface area contributed by atoms with Gasteiger partial charge in [-0.3, -0.25) is 4.90 Å². The maximum atomic E-state index is 3.48. The zero-order valence-electron chi connectivity index (χ0n) is 14.5. The molecule has 120 valence electrons. The van der Waals surface area contributed by atoms with Crippen molar-refractivity contribution in [3.8, 4) is 0 Å². The largest absolute Gasteiger partial charge is 0.314 e. The van der Waals surface area contributed by atoms with E-state index in [4.69, 9.17) is 0 Å². The van der Waals surface area contributed by atoms with Crippen LogP contribution in [0.3, 0.4) is 0 Å². The molecule has 0 aromatic heterocycles. The Bertz CT molecular complexity index is 357. The second-order valence-electron chi connectivity index (χ2n) is 5.73. The smallest absolute Gasteiger partial charge is 0.0248 e. The predicted molar refractivity (Wildman–Crippen MR) is 93.9 cm³/mol. The Balaban J connectivity index is 0.00000106. The predicted octanol–water partition coefficient (Wildman–Crippen LogP) is 4.11. The van der Waals surface area contributed by atoms with E-state index < -0.39 is 0 Å². The fourth-order valence-electron chi connectivity index (χ4n) is 3.46. The number of hydrogen-bond donors (Lipinski definition) is 1. The number of hydrogen-bond acceptors (Lipinski definition) is 2. The average Bonchev–Trinajstić information content (AvgIpc) is 2.58. The summed E-state index contributed by atoms with van der Waals surface area (Å²) in [5.74, 6) is 0. The minimum atomic E-state index is 0.359. The number of nitrogens with one attached hydrogen (secondary N) is 1. The van der Waals surface area contributed by atoms with E-state index in [2.05, 4.69) is 54.4 Å². The number of piperazine rings is 1. The fourth-order valence-corrected chi connectivity index (χ4v) is 3.46. The molecular formula is C19H34N2. The van der Waals surface area contributed by atoms with Gasteiger partial charge in [-0.2, -0.15) is 0 Å². The molecule has 2 nitrogen and oxygen atoms in total. The van der Waals surface area contributed by atoms with Gasteiger partial charge in [0, 0.05) is 31.7 Å². The van der Waals surface area contributed by atoms with Crippen molar-refractivity contribution in [1.82, 2.24) is 10.2 Å². The first-order valence-corrected chi connectivity index (χ1v) is 8.80. The van der Waals surface area contributed by atoms with E-state index in [0.717, 1.165) is 13.1 Å². The highest BCUT2D eigenvalue weighted by Gasteiger charge is 2.34. The summed E-state index contributed by atoms with van der Waals surface area (Å²) >= 11 is 0. The Kier molecular flexibility index (Phi) is 8.63. The molecule has 1 aromatic rings. The highest BCUT2D eigenvalue weighted by Crippen LogP contribution is 2.30. The summed E-state index contributed by atoms with van der Waals surface area (Å²) in [6.45, 7) is 13.3. The molecule has 1 N–H and O–H groups in total. The van der Waals surface area contributed by atoms with Crippen LogP contribution in [0, 0.1) is 0 Å². The van der Waals surface area contributed by atoms with Crippen LogP contribution in [0.5, 0.6) is 0 Å². The summed E-state index contributed by atoms with van der Waals surface area (Å²) in [4.78, 5) is 2.74. The van der Waals surface area contributed by atoms with E-state index in [9.17, 15) is 0 Å². The zero-order valence-corrected chi connectivity index (χ0v) is 14.5. The fraction of sp³-hybridized carbons (Fsp3) is 0.684. The van der Waals surface area contributed by atoms with Crippen molar-refractivity contribution < 1.29 is 0 Å². The first-order valence-electron chi connectivity index (χ1n) is 8.80. The van der Waals surface area contributed by atoms with E-state index in [-0.39, 0.29) is 0 Å². The molecule has 1 aliphatic heterocycles. The molecule has 0 bridgehead atoms. The Hall–Kier alpha value is -0.860. The third kappa shape index (κ3) is 5.12. The van der Waals surface area contributed by atoms with Crippen molar-refractivity contribution in [2.24, 2.45) is 0 Å². The van der Waals surface area contributed by atoms with Crippen molar-refractivity contribution in [1.29, 1.82) is 0 Å². The van der Waals surface area contributed by atoms with Crippen molar-refractivity contribution in [2.75, 3.05) is 26.2 Å². The Labute approximate surface area is 131 Å². The Morgan fingerprint density at radius 3 is 2.19 bits per heavy atom. The summed E-state index contributed by atoms with van der Waals surface area (Å²) in [5.41, 5.74) is 1.84. The minimum Gasteiger partial charge on any atom is -0.314 e. The van der Waals surface area contributed by atoms with E-state index in [1.165, 1.54) is 44.3 Å². The van der Waals surface area contributed by atoms with Crippen LogP contribution >= 0.6 is 0 Å². The van der Waals surface area contributed by atoms with Gasteiger partial charge in [0.15, 0.2) is 0 Å². The highest BCUT2D eigenvalue weighted by molar-refractivity contribution is 5.18. The normalized spacial score (nSPS) is 18.5. The van der Waals surface area contributed by atoms with Gasteiger partial charge in [0.1, 0.15) is 0 Å². The van der Waals surface area contributed by atoms with Crippen LogP contribution in [-0.4, -0.2) is 36.6 Å². The molecule has 0 amide bonds. The molecule has 1 atom stereocenters. The molecule has 1 aliphatic rings. The third-order valence-electron chi connectivity index (χ3n) is 4.54. The van der Waals surface area contributed by atoms with Crippen molar-refractivity contribution in [2.45, 2.75) is 58.9 Å². The molecule has 0 radical (unpaired) electrons. The van der Waals surface area contributed by atoms with Crippen molar-refractivity contribution in [3.05, 3.63) is 35.9 Å². The molecule has 2 rings (SSSR count). The van der Waals surface area contributed by atoms with Crippen LogP contribution < -0.4 is 5.32 Å². The molecule has 0 spiro atoms. The van der Waals surface area contributed by atoms with Gasteiger partial charge in [-0.1, -0.05) is 64.4 Å². The molecule has 1 saturated heterocycles. The summed E-state index contributed by atoms with van der Waals surface area (Å²) in [6.07, 6.45) is 5.01. The summed E-state index contributed by atoms with van der Waals surface area (Å²) in [5, 5.41) is 3.48. The van der Waals surface area contributed by atoms with Gasteiger partial charge < -0.3 is 5.32 Å². The van der Waals surface area contributed by atoms with E-state index >= 15 is 0 Å². The van der Waals surface area contributed by atoms with Gasteiger partial charge in [0.25, 0.3) is 0 Å². The molecule has 1 aromatic carbocycles. The lowest BCUT2D eigenvalue weighted by Crippen LogP contribution is -2.57. The molecule has 1 fully saturated rings. The quantitative estimate of drug-likeness (QED) is 0.848. The topological polar surface area (TPSA) is 15.3 Å². The van der Waals surface area contributed by atoms with Gasteiger partial charge >= 0.3 is 0 Å². The standard InChI is InChI=1S/C17H28N2.C2H6/c1-3-10-17(4-2,19-13-11-18-12-14-19)15-16-8-6-5-7-9-16;1-2/h5-9,18H,3-4,10-15H2,1-2H3;1-2H3. The van der Waals surface area contributed by atoms with Gasteiger partial charge in [0.05, 0.1) is 0 Å². The van der Waals surface area contributed by atoms with Crippen molar-refractivity contribution >= 4 is 0 Å². The second-order valence-corrected chi connectivity index (χ2v) is 5.73. The van der Waals surface area contributed by atoms with Crippen LogP contribution in [0.25, 0.3) is 0 Å². The third-order valence-corrected chi connectivity index (χ3v) is 4.54. The number of rotatable bonds is 6. The Morgan fingerprint density at radius 1 is 1.05 bits per heavy atom. The van der Waals surface area contributed by atoms with Gasteiger partial charge in [0.2, 0.25) is 0 Å². The lowest BCUT2D eigenvalue weighted by atomic mass is 9.82. The minimum absolute atomic E-state index is 0.359. The first-order chi connectivity index (χ1) is 10.3. The SMILES string of the molecule is CC.CCCC(CC)(Cc1ccccc1)N1CCNCC1. The Morgan fingerprint density at radius 2 is 1.67 bits per heavy atom. The summed E-state index contributed by atoms with van der Waals surface area (Å²) in [6, 6.07) is 11.0. The van der Waals surface area contributed by atoms with Crippen molar-refractivity contribution in [3.63, 3.8) is 0 Å². The second kappa shape index (κ2) is 9.97. The molecule has 21 heavy (non-hydrogen) atoms. The van der Waals surface area contributed by atoms with E-state index in [1.807, 2.05) is 13.8 Å². The van der Waals surface area contributed by atoms with Crippen LogP contribution in [0.2, 0.25) is 0 Å². The molecular weight excluding hydrogens is 256 g/mol. The van der Waals surface area contributed by atoms with Gasteiger partial charge in [-0.25, -0.2) is 0 Å². The summed E-state index contributed by atoms with van der Waals surface area (Å²) < 4.78 is 0. The maximum absolute atomic E-state index is 3.48. The molecule has 0 saturated carbocycles. The van der Waals surface area contributed by atoms with E-state index in [1.54, 1.807) is 0 Å². The van der Waals surface area contributed by atoms with Crippen LogP contribution in [-0.2, 0) is 6.42 Å². The van der Waals surface area contributed by atoms with Crippen LogP contribution in [0.4, 0.5) is 0 Å². The molecule has 1 heterocycles. The number of nitrogens with zero attached hydrogens (tertiary/aromatic N) is 1. The van der Waals surface area contributed by atoms with Crippen LogP contribution in [0.15, 0.2) is 30.3 Å². The average molecular weight is 290 g/mol. The molecule has 1 unspecified atom stereocenters. The monoisotopic (exact) mass is 290 g/mol. The number of benzene rings is 1. The zero-order chi connectivity index (χ0) is 15.6. The lowest BCUT2D eigenvalue weighted by molar-refractivity contribution is 0.0598. The first kappa shape index (κ1) is 18.2. The van der Waals surface area contributed by atoms with E-state index in [0.29, 0.717) is 5.54 Å². The van der Waals surface area contributed by atoms with Gasteiger partial charge in [-0.05, 0) is 24.8 Å². The van der Waals surface area contributed by atoms with Gasteiger partial charge in [-0.15, -0.1) is 0 Å². The maximum Gasteiger partial charge on any atom is 0.0248 e.